The molecule has 10 nitrogen and oxygen atoms in total. The molecule has 1 aliphatic heterocycles. The van der Waals surface area contributed by atoms with E-state index in [1.807, 2.05) is 0 Å². The molecule has 4 rings (SSSR count). The molecule has 0 spiro atoms. The average Bonchev–Trinajstić information content (AvgIpc) is 3.16. The van der Waals surface area contributed by atoms with E-state index in [1.54, 1.807) is 18.2 Å². The Morgan fingerprint density at radius 1 is 1.11 bits per heavy atom. The van der Waals surface area contributed by atoms with Crippen LogP contribution in [0.2, 0.25) is 5.02 Å². The summed E-state index contributed by atoms with van der Waals surface area (Å²) in [6.07, 6.45) is -6.92. The maximum Gasteiger partial charge on any atom is 0.573 e. The highest BCUT2D eigenvalue weighted by molar-refractivity contribution is 6.31. The van der Waals surface area contributed by atoms with Gasteiger partial charge in [0.05, 0.1) is 25.6 Å². The molecule has 1 aliphatic carbocycles. The zero-order valence-electron chi connectivity index (χ0n) is 18.6. The Kier molecular flexibility index (Phi) is 6.78. The zero-order valence-corrected chi connectivity index (χ0v) is 19.4. The third-order valence-corrected chi connectivity index (χ3v) is 5.59. The number of anilines is 1. The number of hydrogen-bond acceptors (Lipinski definition) is 8. The van der Waals surface area contributed by atoms with Gasteiger partial charge in [-0.05, 0) is 42.0 Å². The van der Waals surface area contributed by atoms with Crippen molar-refractivity contribution >= 4 is 41.1 Å². The normalized spacial score (nSPS) is 18.5. The first-order valence-electron chi connectivity index (χ1n) is 10.2. The summed E-state index contributed by atoms with van der Waals surface area (Å²) in [5, 5.41) is 5.50. The van der Waals surface area contributed by atoms with Gasteiger partial charge in [-0.15, -0.1) is 13.2 Å². The van der Waals surface area contributed by atoms with E-state index in [1.165, 1.54) is 7.11 Å². The number of rotatable bonds is 3. The lowest BCUT2D eigenvalue weighted by Gasteiger charge is -2.31. The summed E-state index contributed by atoms with van der Waals surface area (Å²) >= 11 is 6.09. The molecule has 190 valence electrons. The van der Waals surface area contributed by atoms with Gasteiger partial charge in [-0.25, -0.2) is 9.59 Å². The number of imide groups is 1. The van der Waals surface area contributed by atoms with Crippen molar-refractivity contribution in [2.45, 2.75) is 18.4 Å². The molecule has 2 atom stereocenters. The lowest BCUT2D eigenvalue weighted by atomic mass is 10.00. The number of halogens is 4. The monoisotopic (exact) mass is 527 g/mol. The molecular formula is C22H17ClF3N3O7. The van der Waals surface area contributed by atoms with Gasteiger partial charge in [-0.3, -0.25) is 4.79 Å². The van der Waals surface area contributed by atoms with Crippen LogP contribution in [0, 0.1) is 0 Å². The molecule has 0 saturated carbocycles. The van der Waals surface area contributed by atoms with Gasteiger partial charge in [0, 0.05) is 10.6 Å². The van der Waals surface area contributed by atoms with Gasteiger partial charge in [0.1, 0.15) is 24.5 Å². The van der Waals surface area contributed by atoms with E-state index in [-0.39, 0.29) is 11.4 Å². The first-order valence-corrected chi connectivity index (χ1v) is 10.5. The number of carbonyl (C=O) groups excluding carboxylic acids is 3. The number of alkyl halides is 3. The summed E-state index contributed by atoms with van der Waals surface area (Å²) in [7, 11) is 2.25. The highest BCUT2D eigenvalue weighted by Gasteiger charge is 2.47. The second kappa shape index (κ2) is 9.66. The molecule has 1 heterocycles. The molecule has 14 heteroatoms. The number of ether oxygens (including phenoxy) is 4. The fraction of sp³-hybridized carbons (Fsp3) is 0.273. The Bertz CT molecular complexity index is 1240. The fourth-order valence-corrected chi connectivity index (χ4v) is 4.05. The molecule has 2 aromatic rings. The molecule has 0 fully saturated rings. The highest BCUT2D eigenvalue weighted by atomic mass is 35.5. The van der Waals surface area contributed by atoms with Crippen LogP contribution in [0.25, 0.3) is 0 Å². The Labute approximate surface area is 206 Å². The molecule has 0 bridgehead atoms. The van der Waals surface area contributed by atoms with Gasteiger partial charge in [0.15, 0.2) is 0 Å². The van der Waals surface area contributed by atoms with Crippen LogP contribution < -0.4 is 9.64 Å². The number of esters is 1. The van der Waals surface area contributed by atoms with Crippen LogP contribution in [0.3, 0.4) is 0 Å². The second-order valence-corrected chi connectivity index (χ2v) is 7.90. The van der Waals surface area contributed by atoms with Crippen molar-refractivity contribution in [3.05, 3.63) is 58.6 Å². The Morgan fingerprint density at radius 2 is 1.81 bits per heavy atom. The molecule has 3 amide bonds. The minimum Gasteiger partial charge on any atom is -0.468 e. The van der Waals surface area contributed by atoms with Gasteiger partial charge in [0.25, 0.3) is 0 Å². The summed E-state index contributed by atoms with van der Waals surface area (Å²) in [5.74, 6) is -2.02. The van der Waals surface area contributed by atoms with Crippen molar-refractivity contribution in [3.8, 4) is 5.75 Å². The number of hydrogen-bond donors (Lipinski definition) is 0. The Balaban J connectivity index is 1.67. The van der Waals surface area contributed by atoms with Crippen molar-refractivity contribution in [2.24, 2.45) is 5.10 Å². The summed E-state index contributed by atoms with van der Waals surface area (Å²) in [5.41, 5.74) is 1.11. The van der Waals surface area contributed by atoms with E-state index in [0.717, 1.165) is 36.4 Å². The van der Waals surface area contributed by atoms with Crippen LogP contribution in [-0.2, 0) is 19.0 Å². The molecule has 0 saturated heterocycles. The zero-order chi connectivity index (χ0) is 26.2. The lowest BCUT2D eigenvalue weighted by Crippen LogP contribution is -2.49. The molecular weight excluding hydrogens is 511 g/mol. The van der Waals surface area contributed by atoms with Crippen LogP contribution in [0.4, 0.5) is 28.4 Å². The smallest absolute Gasteiger partial charge is 0.468 e. The predicted molar refractivity (Wildman–Crippen MR) is 118 cm³/mol. The van der Waals surface area contributed by atoms with E-state index in [0.29, 0.717) is 21.0 Å². The van der Waals surface area contributed by atoms with Crippen molar-refractivity contribution in [3.63, 3.8) is 0 Å². The maximum absolute atomic E-state index is 13.3. The number of benzene rings is 2. The quantitative estimate of drug-likeness (QED) is 0.549. The SMILES string of the molecule is COC(=O)C1c2cc(Cl)ccc2C2=NN(C(=O)N(C(=O)OC)c3ccc(OC(F)(F)F)cc3)COC21. The van der Waals surface area contributed by atoms with Gasteiger partial charge in [-0.2, -0.15) is 15.0 Å². The minimum absolute atomic E-state index is 0.116. The second-order valence-electron chi connectivity index (χ2n) is 7.46. The highest BCUT2D eigenvalue weighted by Crippen LogP contribution is 2.40. The van der Waals surface area contributed by atoms with Crippen molar-refractivity contribution in [1.29, 1.82) is 0 Å². The number of hydrazone groups is 1. The topological polar surface area (TPSA) is 107 Å². The first-order chi connectivity index (χ1) is 17.0. The van der Waals surface area contributed by atoms with Crippen molar-refractivity contribution < 1.29 is 46.5 Å². The third-order valence-electron chi connectivity index (χ3n) is 5.35. The summed E-state index contributed by atoms with van der Waals surface area (Å²) < 4.78 is 56.5. The Morgan fingerprint density at radius 3 is 2.42 bits per heavy atom. The van der Waals surface area contributed by atoms with Crippen LogP contribution in [0.5, 0.6) is 5.75 Å². The number of fused-ring (bicyclic) bond motifs is 3. The third kappa shape index (κ3) is 4.79. The fourth-order valence-electron chi connectivity index (χ4n) is 3.87. The van der Waals surface area contributed by atoms with E-state index >= 15 is 0 Å². The summed E-state index contributed by atoms with van der Waals surface area (Å²) in [6.45, 7) is -0.453. The number of nitrogens with zero attached hydrogens (tertiary/aromatic N) is 3. The van der Waals surface area contributed by atoms with Crippen LogP contribution in [0.15, 0.2) is 47.6 Å². The number of urea groups is 1. The van der Waals surface area contributed by atoms with Crippen LogP contribution in [-0.4, -0.2) is 62.2 Å². The van der Waals surface area contributed by atoms with Crippen LogP contribution >= 0.6 is 11.6 Å². The van der Waals surface area contributed by atoms with E-state index in [2.05, 4.69) is 14.6 Å². The predicted octanol–water partition coefficient (Wildman–Crippen LogP) is 4.26. The minimum atomic E-state index is -4.92. The summed E-state index contributed by atoms with van der Waals surface area (Å²) in [4.78, 5) is 38.7. The molecule has 2 aliphatic rings. The van der Waals surface area contributed by atoms with E-state index in [9.17, 15) is 27.6 Å². The van der Waals surface area contributed by atoms with Crippen molar-refractivity contribution in [2.75, 3.05) is 25.9 Å². The van der Waals surface area contributed by atoms with Crippen molar-refractivity contribution in [1.82, 2.24) is 5.01 Å². The maximum atomic E-state index is 13.3. The van der Waals surface area contributed by atoms with Gasteiger partial charge in [0.2, 0.25) is 0 Å². The molecule has 0 radical (unpaired) electrons. The van der Waals surface area contributed by atoms with Gasteiger partial charge < -0.3 is 18.9 Å². The number of methoxy groups -OCH3 is 2. The standard InChI is InChI=1S/C22H17ClF3N3O7/c1-33-19(30)16-15-9-11(23)3-8-14(15)17-18(16)35-10-28(27-17)20(31)29(21(32)34-2)12-4-6-13(7-5-12)36-22(24,25)26/h3-9,16,18H,10H2,1-2H3. The molecule has 2 aromatic carbocycles. The lowest BCUT2D eigenvalue weighted by molar-refractivity contribution is -0.274. The number of carbonyl (C=O) groups is 3. The molecule has 0 N–H and O–H groups in total. The van der Waals surface area contributed by atoms with Gasteiger partial charge >= 0.3 is 24.5 Å². The van der Waals surface area contributed by atoms with Crippen LogP contribution in [0.1, 0.15) is 17.0 Å². The summed E-state index contributed by atoms with van der Waals surface area (Å²) in [6, 6.07) is 7.73. The Hall–Kier alpha value is -3.84. The molecule has 0 aromatic heterocycles. The number of amides is 3. The molecule has 36 heavy (non-hydrogen) atoms. The molecule has 2 unspecified atom stereocenters. The van der Waals surface area contributed by atoms with E-state index in [4.69, 9.17) is 21.1 Å². The average molecular weight is 528 g/mol. The van der Waals surface area contributed by atoms with Gasteiger partial charge in [-0.1, -0.05) is 17.7 Å². The first kappa shape index (κ1) is 25.3. The largest absolute Gasteiger partial charge is 0.573 e. The van der Waals surface area contributed by atoms with E-state index < -0.39 is 49.0 Å².